The number of aromatic nitrogens is 4. The minimum atomic E-state index is -0.404. The smallest absolute Gasteiger partial charge is 0.269 e. The summed E-state index contributed by atoms with van der Waals surface area (Å²) >= 11 is 0. The van der Waals surface area contributed by atoms with Crippen molar-refractivity contribution in [3.63, 3.8) is 0 Å². The molecule has 0 radical (unpaired) electrons. The van der Waals surface area contributed by atoms with E-state index < -0.39 is 4.92 Å². The van der Waals surface area contributed by atoms with Crippen molar-refractivity contribution in [2.75, 3.05) is 28.7 Å². The van der Waals surface area contributed by atoms with Crippen molar-refractivity contribution >= 4 is 42.5 Å². The quantitative estimate of drug-likeness (QED) is 0.432. The first-order valence-corrected chi connectivity index (χ1v) is 10.4. The number of nitrogens with zero attached hydrogens (tertiary/aromatic N) is 7. The third kappa shape index (κ3) is 4.33. The molecule has 4 heterocycles. The zero-order valence-corrected chi connectivity index (χ0v) is 19.0. The van der Waals surface area contributed by atoms with Gasteiger partial charge in [-0.05, 0) is 18.4 Å². The summed E-state index contributed by atoms with van der Waals surface area (Å²) in [5.41, 5.74) is 2.53. The van der Waals surface area contributed by atoms with Gasteiger partial charge in [0.05, 0.1) is 23.9 Å². The van der Waals surface area contributed by atoms with Crippen LogP contribution >= 0.6 is 13.5 Å². The summed E-state index contributed by atoms with van der Waals surface area (Å²) in [5.74, 6) is 1.37. The van der Waals surface area contributed by atoms with E-state index in [-0.39, 0.29) is 31.1 Å². The number of carbonyl (C=O) groups excluding carboxylic acids is 1. The Morgan fingerprint density at radius 1 is 1.27 bits per heavy atom. The van der Waals surface area contributed by atoms with Crippen molar-refractivity contribution in [3.05, 3.63) is 64.1 Å². The summed E-state index contributed by atoms with van der Waals surface area (Å²) in [6.07, 6.45) is 7.13. The van der Waals surface area contributed by atoms with E-state index in [1.54, 1.807) is 41.2 Å². The number of hydrogen-bond donors (Lipinski definition) is 1. The molecule has 12 heteroatoms. The standard InChI is InChI=1S/C21H22N8O3.H2S/c1-26-18-11-23-21(25-19(18)28-7-3-6-17(28)20(26)30)22-9-15-10-24-27(13-15)12-14-4-2-5-16(8-14)29(31)32;/h2,4-5,8,10-11,13,17H,3,6-7,9,12H2,1H3,(H,22,23,25);1H2/t17-;/m0./s1. The predicted molar refractivity (Wildman–Crippen MR) is 128 cm³/mol. The number of rotatable bonds is 6. The molecule has 2 aromatic heterocycles. The number of amides is 1. The van der Waals surface area contributed by atoms with Gasteiger partial charge < -0.3 is 15.1 Å². The van der Waals surface area contributed by atoms with Gasteiger partial charge >= 0.3 is 0 Å². The molecule has 2 aliphatic heterocycles. The lowest BCUT2D eigenvalue weighted by molar-refractivity contribution is -0.384. The van der Waals surface area contributed by atoms with Crippen LogP contribution < -0.4 is 15.1 Å². The fraction of sp³-hybridized carbons (Fsp3) is 0.333. The van der Waals surface area contributed by atoms with E-state index in [9.17, 15) is 14.9 Å². The molecule has 5 rings (SSSR count). The molecule has 2 aliphatic rings. The molecule has 0 unspecified atom stereocenters. The van der Waals surface area contributed by atoms with Crippen LogP contribution in [0.5, 0.6) is 0 Å². The second kappa shape index (κ2) is 9.06. The van der Waals surface area contributed by atoms with Gasteiger partial charge in [0.25, 0.3) is 5.69 Å². The molecule has 1 fully saturated rings. The Kier molecular flexibility index (Phi) is 6.18. The number of hydrogen-bond acceptors (Lipinski definition) is 8. The summed E-state index contributed by atoms with van der Waals surface area (Å²) in [5, 5.41) is 18.5. The van der Waals surface area contributed by atoms with Crippen LogP contribution in [0.25, 0.3) is 0 Å². The molecule has 3 aromatic rings. The normalized spacial score (nSPS) is 16.8. The molecule has 0 aliphatic carbocycles. The minimum absolute atomic E-state index is 0. The molecule has 0 bridgehead atoms. The number of likely N-dealkylation sites (N-methyl/N-ethyl adjacent to an activating group) is 1. The lowest BCUT2D eigenvalue weighted by Crippen LogP contribution is -2.49. The van der Waals surface area contributed by atoms with Crippen LogP contribution in [0.1, 0.15) is 24.0 Å². The largest absolute Gasteiger partial charge is 0.350 e. The third-order valence-electron chi connectivity index (χ3n) is 5.86. The molecule has 1 atom stereocenters. The SMILES string of the molecule is CN1C(=O)[C@@H]2CCCN2c2nc(NCc3cnn(Cc4cccc([N+](=O)[O-])c4)c3)ncc21.S. The highest BCUT2D eigenvalue weighted by Crippen LogP contribution is 2.37. The van der Waals surface area contributed by atoms with Crippen LogP contribution in [-0.2, 0) is 17.9 Å². The van der Waals surface area contributed by atoms with Crippen LogP contribution in [0.4, 0.5) is 23.1 Å². The number of carbonyl (C=O) groups is 1. The average molecular weight is 469 g/mol. The molecule has 172 valence electrons. The van der Waals surface area contributed by atoms with E-state index in [0.29, 0.717) is 19.0 Å². The summed E-state index contributed by atoms with van der Waals surface area (Å²) < 4.78 is 1.74. The Morgan fingerprint density at radius 2 is 2.12 bits per heavy atom. The molecule has 1 N–H and O–H groups in total. The lowest BCUT2D eigenvalue weighted by atomic mass is 10.1. The summed E-state index contributed by atoms with van der Waals surface area (Å²) in [6.45, 7) is 1.73. The number of non-ortho nitro benzene ring substituents is 1. The van der Waals surface area contributed by atoms with Gasteiger partial charge in [-0.15, -0.1) is 0 Å². The van der Waals surface area contributed by atoms with Crippen molar-refractivity contribution in [1.82, 2.24) is 19.7 Å². The summed E-state index contributed by atoms with van der Waals surface area (Å²) in [6, 6.07) is 6.39. The number of nitrogens with one attached hydrogen (secondary N) is 1. The number of nitro groups is 1. The van der Waals surface area contributed by atoms with E-state index >= 15 is 0 Å². The van der Waals surface area contributed by atoms with Crippen LogP contribution in [-0.4, -0.2) is 50.2 Å². The van der Waals surface area contributed by atoms with Crippen molar-refractivity contribution in [1.29, 1.82) is 0 Å². The first-order chi connectivity index (χ1) is 15.5. The number of nitro benzene ring substituents is 1. The van der Waals surface area contributed by atoms with Gasteiger partial charge in [-0.3, -0.25) is 19.6 Å². The maximum absolute atomic E-state index is 12.5. The molecular formula is C21H24N8O3S. The van der Waals surface area contributed by atoms with Crippen LogP contribution in [0.2, 0.25) is 0 Å². The van der Waals surface area contributed by atoms with Crippen molar-refractivity contribution in [2.24, 2.45) is 0 Å². The first-order valence-electron chi connectivity index (χ1n) is 10.4. The zero-order chi connectivity index (χ0) is 22.2. The van der Waals surface area contributed by atoms with E-state index in [1.807, 2.05) is 12.3 Å². The van der Waals surface area contributed by atoms with E-state index in [4.69, 9.17) is 0 Å². The number of fused-ring (bicyclic) bond motifs is 3. The van der Waals surface area contributed by atoms with Crippen LogP contribution in [0.15, 0.2) is 42.9 Å². The monoisotopic (exact) mass is 468 g/mol. The van der Waals surface area contributed by atoms with Gasteiger partial charge in [-0.2, -0.15) is 23.6 Å². The van der Waals surface area contributed by atoms with Gasteiger partial charge in [0.2, 0.25) is 11.9 Å². The number of anilines is 3. The maximum atomic E-state index is 12.5. The van der Waals surface area contributed by atoms with Crippen molar-refractivity contribution in [3.8, 4) is 0 Å². The molecule has 1 aromatic carbocycles. The van der Waals surface area contributed by atoms with Crippen LogP contribution in [0, 0.1) is 10.1 Å². The maximum Gasteiger partial charge on any atom is 0.269 e. The Balaban J connectivity index is 0.00000259. The third-order valence-corrected chi connectivity index (χ3v) is 5.86. The Bertz CT molecular complexity index is 1200. The Morgan fingerprint density at radius 3 is 2.94 bits per heavy atom. The minimum Gasteiger partial charge on any atom is -0.350 e. The van der Waals surface area contributed by atoms with E-state index in [1.165, 1.54) is 6.07 Å². The average Bonchev–Trinajstić information content (AvgIpc) is 3.46. The lowest BCUT2D eigenvalue weighted by Gasteiger charge is -2.36. The van der Waals surface area contributed by atoms with E-state index in [2.05, 4.69) is 25.3 Å². The van der Waals surface area contributed by atoms with Gasteiger partial charge in [-0.1, -0.05) is 12.1 Å². The highest BCUT2D eigenvalue weighted by atomic mass is 32.1. The van der Waals surface area contributed by atoms with Crippen molar-refractivity contribution in [2.45, 2.75) is 32.0 Å². The molecular weight excluding hydrogens is 444 g/mol. The van der Waals surface area contributed by atoms with Crippen molar-refractivity contribution < 1.29 is 9.72 Å². The Hall–Kier alpha value is -3.67. The number of benzene rings is 1. The highest BCUT2D eigenvalue weighted by Gasteiger charge is 2.40. The van der Waals surface area contributed by atoms with Gasteiger partial charge in [0.15, 0.2) is 5.82 Å². The second-order valence-electron chi connectivity index (χ2n) is 7.98. The first kappa shape index (κ1) is 22.5. The molecule has 1 saturated heterocycles. The molecule has 1 amide bonds. The molecule has 0 spiro atoms. The predicted octanol–water partition coefficient (Wildman–Crippen LogP) is 2.30. The van der Waals surface area contributed by atoms with Gasteiger partial charge in [0.1, 0.15) is 11.7 Å². The Labute approximate surface area is 197 Å². The summed E-state index contributed by atoms with van der Waals surface area (Å²) in [7, 11) is 1.77. The zero-order valence-electron chi connectivity index (χ0n) is 18.0. The highest BCUT2D eigenvalue weighted by molar-refractivity contribution is 7.59. The van der Waals surface area contributed by atoms with Gasteiger partial charge in [-0.25, -0.2) is 4.98 Å². The summed E-state index contributed by atoms with van der Waals surface area (Å²) in [4.78, 5) is 35.8. The van der Waals surface area contributed by atoms with Crippen LogP contribution in [0.3, 0.4) is 0 Å². The fourth-order valence-electron chi connectivity index (χ4n) is 4.24. The second-order valence-corrected chi connectivity index (χ2v) is 7.98. The molecule has 33 heavy (non-hydrogen) atoms. The van der Waals surface area contributed by atoms with E-state index in [0.717, 1.165) is 42.0 Å². The molecule has 0 saturated carbocycles. The topological polar surface area (TPSA) is 122 Å². The fourth-order valence-corrected chi connectivity index (χ4v) is 4.24. The molecule has 11 nitrogen and oxygen atoms in total. The van der Waals surface area contributed by atoms with Gasteiger partial charge in [0, 0.05) is 44.0 Å².